The van der Waals surface area contributed by atoms with E-state index >= 15 is 0 Å². The van der Waals surface area contributed by atoms with Gasteiger partial charge in [-0.05, 0) is 54.7 Å². The van der Waals surface area contributed by atoms with E-state index in [-0.39, 0.29) is 12.5 Å². The minimum Gasteiger partial charge on any atom is -0.392 e. The van der Waals surface area contributed by atoms with E-state index in [1.165, 1.54) is 11.1 Å². The van der Waals surface area contributed by atoms with Crippen LogP contribution in [0.4, 0.5) is 5.82 Å². The highest BCUT2D eigenvalue weighted by Crippen LogP contribution is 2.34. The summed E-state index contributed by atoms with van der Waals surface area (Å²) in [5.74, 6) is 0.998. The molecule has 1 amide bonds. The number of fused-ring (bicyclic) bond motifs is 3. The van der Waals surface area contributed by atoms with Gasteiger partial charge >= 0.3 is 0 Å². The number of aromatic nitrogens is 2. The van der Waals surface area contributed by atoms with Crippen molar-refractivity contribution in [3.05, 3.63) is 76.6 Å². The number of amides is 1. The third-order valence-corrected chi connectivity index (χ3v) is 5.85. The van der Waals surface area contributed by atoms with Gasteiger partial charge in [0.15, 0.2) is 5.82 Å². The molecule has 1 aliphatic rings. The first kappa shape index (κ1) is 22.2. The van der Waals surface area contributed by atoms with Gasteiger partial charge in [0.05, 0.1) is 23.7 Å². The Labute approximate surface area is 189 Å². The number of carbonyl (C=O) groups excluding carboxylic acids is 1. The Morgan fingerprint density at radius 3 is 2.62 bits per heavy atom. The molecule has 32 heavy (non-hydrogen) atoms. The number of nitrogens with zero attached hydrogens (tertiary/aromatic N) is 2. The van der Waals surface area contributed by atoms with Crippen LogP contribution in [-0.4, -0.2) is 21.0 Å². The van der Waals surface area contributed by atoms with Crippen molar-refractivity contribution in [1.29, 1.82) is 0 Å². The van der Waals surface area contributed by atoms with Gasteiger partial charge < -0.3 is 10.4 Å². The quantitative estimate of drug-likeness (QED) is 0.534. The Morgan fingerprint density at radius 2 is 1.88 bits per heavy atom. The minimum atomic E-state index is -0.0102. The number of carbonyl (C=O) groups is 1. The minimum absolute atomic E-state index is 0.0102. The lowest BCUT2D eigenvalue weighted by Gasteiger charge is -2.22. The molecule has 5 nitrogen and oxygen atoms in total. The Balaban J connectivity index is 1.53. The molecule has 1 aromatic heterocycles. The molecule has 0 unspecified atom stereocenters. The van der Waals surface area contributed by atoms with Gasteiger partial charge in [-0.3, -0.25) is 4.79 Å². The van der Waals surface area contributed by atoms with Gasteiger partial charge in [-0.15, -0.1) is 0 Å². The molecule has 0 fully saturated rings. The van der Waals surface area contributed by atoms with Crippen LogP contribution >= 0.6 is 0 Å². The molecule has 1 aliphatic carbocycles. The highest BCUT2D eigenvalue weighted by molar-refractivity contribution is 5.90. The smallest absolute Gasteiger partial charge is 0.225 e. The number of aryl methyl sites for hydroxylation is 3. The average Bonchev–Trinajstić information content (AvgIpc) is 2.79. The molecule has 0 radical (unpaired) electrons. The van der Waals surface area contributed by atoms with E-state index in [4.69, 9.17) is 9.97 Å². The van der Waals surface area contributed by atoms with E-state index in [1.54, 1.807) is 0 Å². The second-order valence-electron chi connectivity index (χ2n) is 8.95. The average molecular weight is 430 g/mol. The summed E-state index contributed by atoms with van der Waals surface area (Å²) in [5, 5.41) is 12.5. The van der Waals surface area contributed by atoms with Crippen LogP contribution in [0.2, 0.25) is 0 Å². The van der Waals surface area contributed by atoms with Crippen molar-refractivity contribution in [3.63, 3.8) is 0 Å². The molecule has 0 saturated heterocycles. The fraction of sp³-hybridized carbons (Fsp3) is 0.370. The van der Waals surface area contributed by atoms with E-state index < -0.39 is 0 Å². The summed E-state index contributed by atoms with van der Waals surface area (Å²) in [5.41, 5.74) is 7.14. The molecule has 0 bridgehead atoms. The molecule has 5 heteroatoms. The van der Waals surface area contributed by atoms with Gasteiger partial charge in [0, 0.05) is 12.0 Å². The topological polar surface area (TPSA) is 75.1 Å². The van der Waals surface area contributed by atoms with Crippen molar-refractivity contribution >= 4 is 11.7 Å². The van der Waals surface area contributed by atoms with Crippen LogP contribution < -0.4 is 5.32 Å². The highest BCUT2D eigenvalue weighted by Gasteiger charge is 2.23. The third-order valence-electron chi connectivity index (χ3n) is 5.85. The summed E-state index contributed by atoms with van der Waals surface area (Å²) >= 11 is 0. The zero-order chi connectivity index (χ0) is 22.5. The van der Waals surface area contributed by atoms with E-state index in [0.717, 1.165) is 60.3 Å². The molecule has 4 rings (SSSR count). The Hall–Kier alpha value is -3.05. The van der Waals surface area contributed by atoms with Gasteiger partial charge in [-0.25, -0.2) is 9.97 Å². The fourth-order valence-electron chi connectivity index (χ4n) is 4.25. The van der Waals surface area contributed by atoms with Crippen LogP contribution in [-0.2, 0) is 37.1 Å². The third kappa shape index (κ3) is 5.22. The Kier molecular flexibility index (Phi) is 6.96. The lowest BCUT2D eigenvalue weighted by atomic mass is 9.90. The van der Waals surface area contributed by atoms with Crippen molar-refractivity contribution in [2.24, 2.45) is 5.92 Å². The van der Waals surface area contributed by atoms with Crippen LogP contribution in [0, 0.1) is 5.92 Å². The van der Waals surface area contributed by atoms with Gasteiger partial charge in [0.2, 0.25) is 5.91 Å². The zero-order valence-electron chi connectivity index (χ0n) is 18.9. The maximum absolute atomic E-state index is 12.7. The number of benzene rings is 2. The number of nitrogens with one attached hydrogen (secondary N) is 1. The first-order valence-corrected chi connectivity index (χ1v) is 11.5. The molecular weight excluding hydrogens is 398 g/mol. The second-order valence-corrected chi connectivity index (χ2v) is 8.95. The van der Waals surface area contributed by atoms with Crippen molar-refractivity contribution < 1.29 is 9.90 Å². The van der Waals surface area contributed by atoms with Crippen LogP contribution in [0.3, 0.4) is 0 Å². The molecule has 2 aromatic carbocycles. The lowest BCUT2D eigenvalue weighted by Crippen LogP contribution is -2.19. The summed E-state index contributed by atoms with van der Waals surface area (Å²) in [4.78, 5) is 22.5. The molecule has 166 valence electrons. The molecule has 0 atom stereocenters. The fourth-order valence-corrected chi connectivity index (χ4v) is 4.25. The summed E-state index contributed by atoms with van der Waals surface area (Å²) in [6.45, 7) is 4.34. The highest BCUT2D eigenvalue weighted by atomic mass is 16.3. The zero-order valence-corrected chi connectivity index (χ0v) is 18.9. The molecular formula is C27H31N3O2. The number of rotatable bonds is 8. The largest absolute Gasteiger partial charge is 0.392 e. The second kappa shape index (κ2) is 10.0. The van der Waals surface area contributed by atoms with Crippen molar-refractivity contribution in [1.82, 2.24) is 9.97 Å². The summed E-state index contributed by atoms with van der Waals surface area (Å²) < 4.78 is 0. The monoisotopic (exact) mass is 429 g/mol. The molecule has 0 spiro atoms. The van der Waals surface area contributed by atoms with Crippen LogP contribution in [0.25, 0.3) is 11.3 Å². The van der Waals surface area contributed by atoms with Gasteiger partial charge in [-0.1, -0.05) is 62.4 Å². The number of anilines is 1. The number of aliphatic hydroxyl groups is 1. The Morgan fingerprint density at radius 1 is 1.06 bits per heavy atom. The maximum Gasteiger partial charge on any atom is 0.225 e. The summed E-state index contributed by atoms with van der Waals surface area (Å²) in [6, 6.07) is 16.3. The lowest BCUT2D eigenvalue weighted by molar-refractivity contribution is -0.116. The summed E-state index contributed by atoms with van der Waals surface area (Å²) in [6.07, 6.45) is 4.54. The first-order valence-electron chi connectivity index (χ1n) is 11.5. The van der Waals surface area contributed by atoms with Crippen LogP contribution in [0.15, 0.2) is 48.5 Å². The van der Waals surface area contributed by atoms with Crippen LogP contribution in [0.5, 0.6) is 0 Å². The van der Waals surface area contributed by atoms with E-state index in [0.29, 0.717) is 18.2 Å². The molecule has 2 N–H and O–H groups in total. The van der Waals surface area contributed by atoms with E-state index in [1.807, 2.05) is 30.3 Å². The molecule has 3 aromatic rings. The van der Waals surface area contributed by atoms with Crippen LogP contribution in [0.1, 0.15) is 54.8 Å². The summed E-state index contributed by atoms with van der Waals surface area (Å²) in [7, 11) is 0. The van der Waals surface area contributed by atoms with E-state index in [9.17, 15) is 9.90 Å². The van der Waals surface area contributed by atoms with Crippen molar-refractivity contribution in [2.75, 3.05) is 5.32 Å². The maximum atomic E-state index is 12.7. The SMILES string of the molecule is CC(C)Cc1nc2c(nc1NC(=O)CCCc1ccccc1)CCc1cc(CO)ccc1-2. The van der Waals surface area contributed by atoms with Gasteiger partial charge in [0.1, 0.15) is 0 Å². The predicted octanol–water partition coefficient (Wildman–Crippen LogP) is 4.89. The number of aliphatic hydroxyl groups excluding tert-OH is 1. The molecule has 0 aliphatic heterocycles. The van der Waals surface area contributed by atoms with Gasteiger partial charge in [-0.2, -0.15) is 0 Å². The molecule has 1 heterocycles. The number of hydrogen-bond acceptors (Lipinski definition) is 4. The normalized spacial score (nSPS) is 12.4. The Bertz CT molecular complexity index is 1090. The van der Waals surface area contributed by atoms with Crippen molar-refractivity contribution in [3.8, 4) is 11.3 Å². The number of hydrogen-bond donors (Lipinski definition) is 2. The van der Waals surface area contributed by atoms with Crippen molar-refractivity contribution in [2.45, 2.75) is 59.0 Å². The standard InChI is InChI=1S/C27H31N3O2/c1-18(2)15-24-27(30-25(32)10-6-9-19-7-4-3-5-8-19)29-23-14-12-21-16-20(17-31)11-13-22(21)26(23)28-24/h3-5,7-8,11,13,16,18,31H,6,9-10,12,14-15,17H2,1-2H3,(H,29,30,32). The van der Waals surface area contributed by atoms with Gasteiger partial charge in [0.25, 0.3) is 0 Å². The van der Waals surface area contributed by atoms with E-state index in [2.05, 4.69) is 37.4 Å². The predicted molar refractivity (Wildman–Crippen MR) is 127 cm³/mol. The molecule has 0 saturated carbocycles. The first-order chi connectivity index (χ1) is 15.5.